The number of methoxy groups -OCH3 is 2. The minimum Gasteiger partial charge on any atom is -0.464 e. The maximum absolute atomic E-state index is 12.8. The van der Waals surface area contributed by atoms with Gasteiger partial charge < -0.3 is 9.47 Å². The summed E-state index contributed by atoms with van der Waals surface area (Å²) in [6.07, 6.45) is -12.8. The fourth-order valence-corrected chi connectivity index (χ4v) is 0.783. The SMILES string of the molecule is COC(=O)C(F)(F)C(F)(F)OC(F)(F)C(F)(F)C(=O)OC. The third-order valence-electron chi connectivity index (χ3n) is 1.87. The van der Waals surface area contributed by atoms with Gasteiger partial charge in [0.25, 0.3) is 0 Å². The Kier molecular flexibility index (Phi) is 5.17. The van der Waals surface area contributed by atoms with Gasteiger partial charge in [0.1, 0.15) is 0 Å². The Morgan fingerprint density at radius 3 is 1.10 bits per heavy atom. The molecule has 0 aliphatic carbocycles. The van der Waals surface area contributed by atoms with E-state index in [1.54, 1.807) is 0 Å². The molecule has 5 nitrogen and oxygen atoms in total. The van der Waals surface area contributed by atoms with E-state index in [4.69, 9.17) is 0 Å². The first-order valence-electron chi connectivity index (χ1n) is 4.55. The van der Waals surface area contributed by atoms with E-state index in [1.165, 1.54) is 0 Å². The van der Waals surface area contributed by atoms with Crippen molar-refractivity contribution < 1.29 is 58.9 Å². The summed E-state index contributed by atoms with van der Waals surface area (Å²) in [6, 6.07) is 0. The van der Waals surface area contributed by atoms with Crippen molar-refractivity contribution in [2.24, 2.45) is 0 Å². The van der Waals surface area contributed by atoms with Crippen molar-refractivity contribution in [3.63, 3.8) is 0 Å². The second-order valence-electron chi connectivity index (χ2n) is 3.27. The van der Waals surface area contributed by atoms with Crippen LogP contribution in [-0.4, -0.2) is 50.2 Å². The molecule has 0 spiro atoms. The van der Waals surface area contributed by atoms with Crippen molar-refractivity contribution >= 4 is 11.9 Å². The molecule has 0 bridgehead atoms. The topological polar surface area (TPSA) is 61.8 Å². The van der Waals surface area contributed by atoms with Crippen molar-refractivity contribution in [1.82, 2.24) is 0 Å². The van der Waals surface area contributed by atoms with Crippen LogP contribution in [0.5, 0.6) is 0 Å². The maximum Gasteiger partial charge on any atom is 0.435 e. The molecule has 0 aliphatic rings. The van der Waals surface area contributed by atoms with Crippen LogP contribution < -0.4 is 0 Å². The van der Waals surface area contributed by atoms with Crippen molar-refractivity contribution in [3.05, 3.63) is 0 Å². The summed E-state index contributed by atoms with van der Waals surface area (Å²) in [6.45, 7) is 0. The van der Waals surface area contributed by atoms with E-state index >= 15 is 0 Å². The summed E-state index contributed by atoms with van der Waals surface area (Å²) < 4.78 is 111. The number of carbonyl (C=O) groups is 2. The standard InChI is InChI=1S/C8H6F8O5/c1-19-3(17)5(9,10)7(13,14)21-8(15,16)6(11,12)4(18)20-2/h1-2H3. The molecule has 0 saturated carbocycles. The van der Waals surface area contributed by atoms with Gasteiger partial charge in [-0.3, -0.25) is 0 Å². The van der Waals surface area contributed by atoms with Crippen molar-refractivity contribution in [2.45, 2.75) is 24.1 Å². The fraction of sp³-hybridized carbons (Fsp3) is 0.750. The van der Waals surface area contributed by atoms with Gasteiger partial charge in [0, 0.05) is 0 Å². The summed E-state index contributed by atoms with van der Waals surface area (Å²) in [4.78, 5) is 20.7. The smallest absolute Gasteiger partial charge is 0.435 e. The lowest BCUT2D eigenvalue weighted by atomic mass is 10.3. The van der Waals surface area contributed by atoms with E-state index in [0.717, 1.165) is 0 Å². The first-order valence-corrected chi connectivity index (χ1v) is 4.55. The van der Waals surface area contributed by atoms with Gasteiger partial charge in [-0.25, -0.2) is 14.3 Å². The van der Waals surface area contributed by atoms with Gasteiger partial charge in [-0.15, -0.1) is 0 Å². The molecule has 21 heavy (non-hydrogen) atoms. The molecule has 0 radical (unpaired) electrons. The average molecular weight is 334 g/mol. The molecule has 0 aromatic carbocycles. The molecule has 0 saturated heterocycles. The van der Waals surface area contributed by atoms with Crippen molar-refractivity contribution in [2.75, 3.05) is 14.2 Å². The summed E-state index contributed by atoms with van der Waals surface area (Å²) >= 11 is 0. The van der Waals surface area contributed by atoms with Crippen LogP contribution >= 0.6 is 0 Å². The van der Waals surface area contributed by atoms with E-state index in [0.29, 0.717) is 0 Å². The molecule has 0 fully saturated rings. The van der Waals surface area contributed by atoms with Crippen LogP contribution in [0.25, 0.3) is 0 Å². The van der Waals surface area contributed by atoms with Crippen LogP contribution in [0.1, 0.15) is 0 Å². The van der Waals surface area contributed by atoms with Gasteiger partial charge in [0.05, 0.1) is 14.2 Å². The number of esters is 2. The van der Waals surface area contributed by atoms with E-state index in [9.17, 15) is 44.7 Å². The Bertz CT molecular complexity index is 383. The Hall–Kier alpha value is -1.66. The molecular formula is C8H6F8O5. The Balaban J connectivity index is 5.52. The lowest BCUT2D eigenvalue weighted by Crippen LogP contribution is -2.58. The summed E-state index contributed by atoms with van der Waals surface area (Å²) in [5.41, 5.74) is 0. The average Bonchev–Trinajstić information content (AvgIpc) is 2.34. The third-order valence-corrected chi connectivity index (χ3v) is 1.87. The number of alkyl halides is 8. The first-order chi connectivity index (χ1) is 9.17. The zero-order chi connectivity index (χ0) is 17.3. The molecule has 0 amide bonds. The molecule has 0 aromatic heterocycles. The zero-order valence-corrected chi connectivity index (χ0v) is 10.1. The van der Waals surface area contributed by atoms with E-state index < -0.39 is 36.0 Å². The molecule has 0 atom stereocenters. The molecule has 0 heterocycles. The van der Waals surface area contributed by atoms with E-state index in [2.05, 4.69) is 9.47 Å². The summed E-state index contributed by atoms with van der Waals surface area (Å²) in [5, 5.41) is 0. The maximum atomic E-state index is 12.8. The second kappa shape index (κ2) is 5.61. The van der Waals surface area contributed by atoms with Crippen LogP contribution in [0, 0.1) is 0 Å². The predicted molar refractivity (Wildman–Crippen MR) is 44.9 cm³/mol. The highest BCUT2D eigenvalue weighted by Gasteiger charge is 2.74. The van der Waals surface area contributed by atoms with Crippen LogP contribution in [0.4, 0.5) is 35.1 Å². The summed E-state index contributed by atoms with van der Waals surface area (Å²) in [7, 11) is 0.404. The minimum absolute atomic E-state index is 0.202. The van der Waals surface area contributed by atoms with Crippen LogP contribution in [-0.2, 0) is 23.8 Å². The van der Waals surface area contributed by atoms with Gasteiger partial charge in [-0.1, -0.05) is 0 Å². The third kappa shape index (κ3) is 3.33. The molecule has 0 rings (SSSR count). The molecule has 0 aliphatic heterocycles. The monoisotopic (exact) mass is 334 g/mol. The second-order valence-corrected chi connectivity index (χ2v) is 3.27. The first kappa shape index (κ1) is 19.3. The largest absolute Gasteiger partial charge is 0.464 e. The number of hydrogen-bond acceptors (Lipinski definition) is 5. The quantitative estimate of drug-likeness (QED) is 0.548. The number of halogens is 8. The lowest BCUT2D eigenvalue weighted by molar-refractivity contribution is -0.456. The number of hydrogen-bond donors (Lipinski definition) is 0. The van der Waals surface area contributed by atoms with E-state index in [-0.39, 0.29) is 14.2 Å². The Labute approximate surface area is 110 Å². The molecular weight excluding hydrogens is 328 g/mol. The Morgan fingerprint density at radius 1 is 0.667 bits per heavy atom. The molecule has 13 heteroatoms. The van der Waals surface area contributed by atoms with Crippen LogP contribution in [0.3, 0.4) is 0 Å². The predicted octanol–water partition coefficient (Wildman–Crippen LogP) is 1.81. The van der Waals surface area contributed by atoms with Gasteiger partial charge in [-0.05, 0) is 0 Å². The van der Waals surface area contributed by atoms with Crippen molar-refractivity contribution in [1.29, 1.82) is 0 Å². The number of ether oxygens (including phenoxy) is 3. The number of carbonyl (C=O) groups excluding carboxylic acids is 2. The zero-order valence-electron chi connectivity index (χ0n) is 10.1. The normalized spacial score (nSPS) is 13.8. The van der Waals surface area contributed by atoms with Gasteiger partial charge in [0.15, 0.2) is 0 Å². The fourth-order valence-electron chi connectivity index (χ4n) is 0.783. The van der Waals surface area contributed by atoms with Crippen molar-refractivity contribution in [3.8, 4) is 0 Å². The van der Waals surface area contributed by atoms with Gasteiger partial charge in [0.2, 0.25) is 0 Å². The number of rotatable bonds is 6. The molecule has 0 N–H and O–H groups in total. The Morgan fingerprint density at radius 2 is 0.905 bits per heavy atom. The van der Waals surface area contributed by atoms with Crippen LogP contribution in [0.15, 0.2) is 0 Å². The van der Waals surface area contributed by atoms with E-state index in [1.807, 2.05) is 4.74 Å². The highest BCUT2D eigenvalue weighted by molar-refractivity contribution is 5.79. The summed E-state index contributed by atoms with van der Waals surface area (Å²) in [5.74, 6) is -18.1. The van der Waals surface area contributed by atoms with Gasteiger partial charge >= 0.3 is 36.0 Å². The minimum atomic E-state index is -6.40. The lowest BCUT2D eigenvalue weighted by Gasteiger charge is -2.30. The van der Waals surface area contributed by atoms with Crippen LogP contribution in [0.2, 0.25) is 0 Å². The van der Waals surface area contributed by atoms with Gasteiger partial charge in [-0.2, -0.15) is 35.1 Å². The molecule has 0 unspecified atom stereocenters. The molecule has 124 valence electrons. The highest BCUT2D eigenvalue weighted by Crippen LogP contribution is 2.45. The molecule has 0 aromatic rings. The highest BCUT2D eigenvalue weighted by atomic mass is 19.3.